The quantitative estimate of drug-likeness (QED) is 0.770. The number of likely N-dealkylation sites (N-methyl/N-ethyl adjacent to an activating group) is 1. The molecule has 2 saturated heterocycles. The average molecular weight is 308 g/mol. The van der Waals surface area contributed by atoms with Crippen molar-refractivity contribution in [3.05, 3.63) is 22.4 Å². The first-order valence-electron chi connectivity index (χ1n) is 8.41. The van der Waals surface area contributed by atoms with Gasteiger partial charge in [-0.05, 0) is 49.7 Å². The lowest BCUT2D eigenvalue weighted by Crippen LogP contribution is -2.41. The van der Waals surface area contributed by atoms with Gasteiger partial charge < -0.3 is 4.74 Å². The van der Waals surface area contributed by atoms with Crippen molar-refractivity contribution in [2.75, 3.05) is 39.4 Å². The van der Waals surface area contributed by atoms with E-state index in [0.29, 0.717) is 0 Å². The summed E-state index contributed by atoms with van der Waals surface area (Å²) in [5, 5.41) is 2.19. The van der Waals surface area contributed by atoms with E-state index in [-0.39, 0.29) is 0 Å². The van der Waals surface area contributed by atoms with Crippen molar-refractivity contribution in [2.24, 2.45) is 5.92 Å². The van der Waals surface area contributed by atoms with Crippen LogP contribution in [0.5, 0.6) is 0 Å². The van der Waals surface area contributed by atoms with Gasteiger partial charge in [0.1, 0.15) is 0 Å². The Balaban J connectivity index is 1.59. The van der Waals surface area contributed by atoms with Crippen LogP contribution in [0.1, 0.15) is 31.1 Å². The van der Waals surface area contributed by atoms with Crippen LogP contribution in [0.15, 0.2) is 17.5 Å². The maximum atomic E-state index is 5.57. The molecule has 21 heavy (non-hydrogen) atoms. The average Bonchev–Trinajstić information content (AvgIpc) is 3.20. The molecule has 0 amide bonds. The summed E-state index contributed by atoms with van der Waals surface area (Å²) < 4.78 is 5.57. The van der Waals surface area contributed by atoms with Crippen molar-refractivity contribution < 1.29 is 4.74 Å². The van der Waals surface area contributed by atoms with E-state index in [2.05, 4.69) is 34.2 Å². The van der Waals surface area contributed by atoms with E-state index in [9.17, 15) is 0 Å². The number of rotatable bonds is 7. The minimum Gasteiger partial charge on any atom is -0.381 e. The second-order valence-electron chi connectivity index (χ2n) is 6.43. The van der Waals surface area contributed by atoms with Crippen LogP contribution in [0.4, 0.5) is 0 Å². The van der Waals surface area contributed by atoms with Gasteiger partial charge in [-0.3, -0.25) is 9.80 Å². The molecule has 0 spiro atoms. The number of nitrogens with zero attached hydrogens (tertiary/aromatic N) is 2. The molecule has 118 valence electrons. The fraction of sp³-hybridized carbons (Fsp3) is 0.765. The zero-order valence-corrected chi connectivity index (χ0v) is 14.0. The molecule has 0 N–H and O–H groups in total. The predicted molar refractivity (Wildman–Crippen MR) is 88.8 cm³/mol. The monoisotopic (exact) mass is 308 g/mol. The van der Waals surface area contributed by atoms with Crippen LogP contribution < -0.4 is 0 Å². The van der Waals surface area contributed by atoms with E-state index in [1.807, 2.05) is 11.3 Å². The Labute approximate surface area is 132 Å². The normalized spacial score (nSPS) is 27.0. The third-order valence-electron chi connectivity index (χ3n) is 4.87. The van der Waals surface area contributed by atoms with Crippen LogP contribution in [0.3, 0.4) is 0 Å². The topological polar surface area (TPSA) is 15.7 Å². The molecule has 1 aromatic heterocycles. The summed E-state index contributed by atoms with van der Waals surface area (Å²) in [6, 6.07) is 5.21. The standard InChI is InChI=1S/C17H28N2OS/c1-2-19-8-3-5-16(19)12-18(11-15-7-9-20-14-15)13-17-6-4-10-21-17/h4,6,10,15-16H,2-3,5,7-9,11-14H2,1H3/t15-,16-/m0/s1. The van der Waals surface area contributed by atoms with Gasteiger partial charge in [-0.15, -0.1) is 11.3 Å². The van der Waals surface area contributed by atoms with E-state index in [1.165, 1.54) is 50.3 Å². The summed E-state index contributed by atoms with van der Waals surface area (Å²) in [5.41, 5.74) is 0. The Morgan fingerprint density at radius 3 is 3.05 bits per heavy atom. The lowest BCUT2D eigenvalue weighted by Gasteiger charge is -2.31. The molecule has 0 aliphatic carbocycles. The molecular formula is C17H28N2OS. The minimum atomic E-state index is 0.737. The van der Waals surface area contributed by atoms with Gasteiger partial charge in [0.25, 0.3) is 0 Å². The van der Waals surface area contributed by atoms with Gasteiger partial charge in [0, 0.05) is 37.2 Å². The Hall–Kier alpha value is -0.420. The van der Waals surface area contributed by atoms with E-state index in [4.69, 9.17) is 4.74 Å². The summed E-state index contributed by atoms with van der Waals surface area (Å²) in [6.45, 7) is 10.2. The summed E-state index contributed by atoms with van der Waals surface area (Å²) in [7, 11) is 0. The first kappa shape index (κ1) is 15.5. The first-order chi connectivity index (χ1) is 10.3. The third-order valence-corrected chi connectivity index (χ3v) is 5.74. The lowest BCUT2D eigenvalue weighted by atomic mass is 10.1. The second kappa shape index (κ2) is 7.73. The van der Waals surface area contributed by atoms with Gasteiger partial charge in [-0.1, -0.05) is 13.0 Å². The van der Waals surface area contributed by atoms with Crippen LogP contribution >= 0.6 is 11.3 Å². The maximum Gasteiger partial charge on any atom is 0.0507 e. The van der Waals surface area contributed by atoms with E-state index in [1.54, 1.807) is 0 Å². The van der Waals surface area contributed by atoms with Crippen molar-refractivity contribution in [3.63, 3.8) is 0 Å². The Bertz CT molecular complexity index is 403. The van der Waals surface area contributed by atoms with Crippen LogP contribution in [-0.2, 0) is 11.3 Å². The first-order valence-corrected chi connectivity index (χ1v) is 9.29. The molecule has 1 aromatic rings. The summed E-state index contributed by atoms with van der Waals surface area (Å²) in [4.78, 5) is 6.84. The Morgan fingerprint density at radius 2 is 2.33 bits per heavy atom. The molecule has 3 rings (SSSR count). The van der Waals surface area contributed by atoms with Crippen molar-refractivity contribution in [1.29, 1.82) is 0 Å². The number of hydrogen-bond acceptors (Lipinski definition) is 4. The van der Waals surface area contributed by atoms with Crippen molar-refractivity contribution in [2.45, 2.75) is 38.8 Å². The van der Waals surface area contributed by atoms with Crippen LogP contribution in [0, 0.1) is 5.92 Å². The summed E-state index contributed by atoms with van der Waals surface area (Å²) >= 11 is 1.89. The number of thiophene rings is 1. The Morgan fingerprint density at radius 1 is 1.38 bits per heavy atom. The zero-order valence-electron chi connectivity index (χ0n) is 13.2. The van der Waals surface area contributed by atoms with Crippen LogP contribution in [-0.4, -0.2) is 55.2 Å². The Kier molecular flexibility index (Phi) is 5.69. The van der Waals surface area contributed by atoms with Gasteiger partial charge in [0.15, 0.2) is 0 Å². The molecule has 0 saturated carbocycles. The van der Waals surface area contributed by atoms with Gasteiger partial charge >= 0.3 is 0 Å². The highest BCUT2D eigenvalue weighted by Crippen LogP contribution is 2.22. The molecule has 0 aromatic carbocycles. The second-order valence-corrected chi connectivity index (χ2v) is 7.46. The third kappa shape index (κ3) is 4.28. The van der Waals surface area contributed by atoms with Gasteiger partial charge in [0.05, 0.1) is 6.61 Å². The summed E-state index contributed by atoms with van der Waals surface area (Å²) in [6.07, 6.45) is 3.98. The molecule has 2 aliphatic rings. The molecule has 4 heteroatoms. The van der Waals surface area contributed by atoms with Crippen LogP contribution in [0.25, 0.3) is 0 Å². The molecule has 2 atom stereocenters. The van der Waals surface area contributed by atoms with Crippen molar-refractivity contribution >= 4 is 11.3 Å². The molecule has 3 nitrogen and oxygen atoms in total. The van der Waals surface area contributed by atoms with E-state index in [0.717, 1.165) is 31.7 Å². The maximum absolute atomic E-state index is 5.57. The fourth-order valence-electron chi connectivity index (χ4n) is 3.74. The summed E-state index contributed by atoms with van der Waals surface area (Å²) in [5.74, 6) is 0.737. The van der Waals surface area contributed by atoms with Gasteiger partial charge in [0.2, 0.25) is 0 Å². The number of hydrogen-bond donors (Lipinski definition) is 0. The molecular weight excluding hydrogens is 280 g/mol. The van der Waals surface area contributed by atoms with Gasteiger partial charge in [-0.25, -0.2) is 0 Å². The minimum absolute atomic E-state index is 0.737. The largest absolute Gasteiger partial charge is 0.381 e. The fourth-order valence-corrected chi connectivity index (χ4v) is 4.48. The van der Waals surface area contributed by atoms with Crippen molar-refractivity contribution in [1.82, 2.24) is 9.80 Å². The highest BCUT2D eigenvalue weighted by Gasteiger charge is 2.27. The molecule has 0 unspecified atom stereocenters. The molecule has 3 heterocycles. The zero-order chi connectivity index (χ0) is 14.5. The highest BCUT2D eigenvalue weighted by molar-refractivity contribution is 7.09. The molecule has 0 radical (unpaired) electrons. The van der Waals surface area contributed by atoms with E-state index < -0.39 is 0 Å². The van der Waals surface area contributed by atoms with Crippen molar-refractivity contribution in [3.8, 4) is 0 Å². The number of likely N-dealkylation sites (tertiary alicyclic amines) is 1. The lowest BCUT2D eigenvalue weighted by molar-refractivity contribution is 0.139. The van der Waals surface area contributed by atoms with Crippen LogP contribution in [0.2, 0.25) is 0 Å². The highest BCUT2D eigenvalue weighted by atomic mass is 32.1. The van der Waals surface area contributed by atoms with E-state index >= 15 is 0 Å². The molecule has 0 bridgehead atoms. The number of ether oxygens (including phenoxy) is 1. The van der Waals surface area contributed by atoms with Gasteiger partial charge in [-0.2, -0.15) is 0 Å². The smallest absolute Gasteiger partial charge is 0.0507 e. The molecule has 2 aliphatic heterocycles. The SMILES string of the molecule is CCN1CCC[C@H]1CN(Cc1cccs1)C[C@@H]1CCOC1. The predicted octanol–water partition coefficient (Wildman–Crippen LogP) is 3.07. The molecule has 2 fully saturated rings.